The normalized spacial score (nSPS) is 26.1. The second kappa shape index (κ2) is 8.61. The number of benzene rings is 2. The van der Waals surface area contributed by atoms with Crippen LogP contribution in [0.2, 0.25) is 0 Å². The number of rotatable bonds is 6. The van der Waals surface area contributed by atoms with E-state index in [4.69, 9.17) is 0 Å². The zero-order valence-corrected chi connectivity index (χ0v) is 15.2. The van der Waals surface area contributed by atoms with Crippen molar-refractivity contribution in [3.05, 3.63) is 71.8 Å². The summed E-state index contributed by atoms with van der Waals surface area (Å²) < 4.78 is 0. The smallest absolute Gasteiger partial charge is 0.0556 e. The molecule has 1 aliphatic rings. The lowest BCUT2D eigenvalue weighted by molar-refractivity contribution is 0.0886. The van der Waals surface area contributed by atoms with Crippen molar-refractivity contribution in [1.82, 2.24) is 10.6 Å². The molecule has 1 aliphatic carbocycles. The fraction of sp³-hybridized carbons (Fsp3) is 0.455. The average molecular weight is 338 g/mol. The SMILES string of the molecule is C[C@H](N[C@@H]1CC[C@H](O)C[C@H]1N[C@@H](C)c1ccccc1)c1ccccc1. The Morgan fingerprint density at radius 1 is 0.760 bits per heavy atom. The van der Waals surface area contributed by atoms with Crippen LogP contribution in [-0.4, -0.2) is 23.3 Å². The minimum Gasteiger partial charge on any atom is -0.393 e. The summed E-state index contributed by atoms with van der Waals surface area (Å²) in [4.78, 5) is 0. The Hall–Kier alpha value is -1.68. The van der Waals surface area contributed by atoms with Gasteiger partial charge >= 0.3 is 0 Å². The molecule has 0 spiro atoms. The van der Waals surface area contributed by atoms with Crippen molar-refractivity contribution >= 4 is 0 Å². The van der Waals surface area contributed by atoms with Gasteiger partial charge in [-0.05, 0) is 44.2 Å². The Labute approximate surface area is 151 Å². The quantitative estimate of drug-likeness (QED) is 0.747. The second-order valence-electron chi connectivity index (χ2n) is 7.28. The number of nitrogens with one attached hydrogen (secondary N) is 2. The predicted molar refractivity (Wildman–Crippen MR) is 103 cm³/mol. The van der Waals surface area contributed by atoms with Gasteiger partial charge in [0.05, 0.1) is 6.10 Å². The number of hydrogen-bond donors (Lipinski definition) is 3. The molecule has 3 rings (SSSR count). The summed E-state index contributed by atoms with van der Waals surface area (Å²) in [6.45, 7) is 4.42. The number of aliphatic hydroxyl groups excluding tert-OH is 1. The van der Waals surface area contributed by atoms with E-state index in [2.05, 4.69) is 79.1 Å². The second-order valence-corrected chi connectivity index (χ2v) is 7.28. The molecule has 0 aliphatic heterocycles. The summed E-state index contributed by atoms with van der Waals surface area (Å²) in [7, 11) is 0. The lowest BCUT2D eigenvalue weighted by atomic mass is 9.86. The molecule has 0 bridgehead atoms. The first-order valence-corrected chi connectivity index (χ1v) is 9.43. The van der Waals surface area contributed by atoms with Gasteiger partial charge in [-0.2, -0.15) is 0 Å². The van der Waals surface area contributed by atoms with Crippen molar-refractivity contribution in [2.24, 2.45) is 0 Å². The van der Waals surface area contributed by atoms with Crippen LogP contribution in [0.3, 0.4) is 0 Å². The summed E-state index contributed by atoms with van der Waals surface area (Å²) in [5.74, 6) is 0. The molecule has 2 aromatic rings. The minimum absolute atomic E-state index is 0.203. The van der Waals surface area contributed by atoms with Gasteiger partial charge in [-0.1, -0.05) is 60.7 Å². The van der Waals surface area contributed by atoms with Crippen molar-refractivity contribution < 1.29 is 5.11 Å². The van der Waals surface area contributed by atoms with Crippen LogP contribution in [0.4, 0.5) is 0 Å². The van der Waals surface area contributed by atoms with E-state index in [9.17, 15) is 5.11 Å². The van der Waals surface area contributed by atoms with Gasteiger partial charge in [0.15, 0.2) is 0 Å². The molecular weight excluding hydrogens is 308 g/mol. The van der Waals surface area contributed by atoms with E-state index in [1.165, 1.54) is 11.1 Å². The van der Waals surface area contributed by atoms with Gasteiger partial charge in [0.25, 0.3) is 0 Å². The van der Waals surface area contributed by atoms with Crippen LogP contribution in [0.25, 0.3) is 0 Å². The first-order valence-electron chi connectivity index (χ1n) is 9.43. The van der Waals surface area contributed by atoms with Gasteiger partial charge in [0.2, 0.25) is 0 Å². The van der Waals surface area contributed by atoms with Crippen LogP contribution in [0.15, 0.2) is 60.7 Å². The topological polar surface area (TPSA) is 44.3 Å². The van der Waals surface area contributed by atoms with Crippen LogP contribution < -0.4 is 10.6 Å². The third kappa shape index (κ3) is 4.91. The van der Waals surface area contributed by atoms with Crippen molar-refractivity contribution in [2.45, 2.75) is 63.4 Å². The molecule has 0 saturated heterocycles. The highest BCUT2D eigenvalue weighted by Crippen LogP contribution is 2.25. The molecule has 1 fully saturated rings. The lowest BCUT2D eigenvalue weighted by Gasteiger charge is -2.38. The van der Waals surface area contributed by atoms with E-state index in [0.29, 0.717) is 12.1 Å². The molecule has 2 aromatic carbocycles. The molecule has 0 aromatic heterocycles. The highest BCUT2D eigenvalue weighted by atomic mass is 16.3. The summed E-state index contributed by atoms with van der Waals surface area (Å²) in [5, 5.41) is 17.7. The van der Waals surface area contributed by atoms with Gasteiger partial charge in [0, 0.05) is 24.2 Å². The number of aliphatic hydroxyl groups is 1. The first-order chi connectivity index (χ1) is 12.1. The molecule has 3 heteroatoms. The predicted octanol–water partition coefficient (Wildman–Crippen LogP) is 3.97. The molecular formula is C22H30N2O. The molecule has 0 amide bonds. The largest absolute Gasteiger partial charge is 0.393 e. The molecule has 3 nitrogen and oxygen atoms in total. The minimum atomic E-state index is -0.203. The van der Waals surface area contributed by atoms with E-state index < -0.39 is 0 Å². The summed E-state index contributed by atoms with van der Waals surface area (Å²) in [6, 6.07) is 22.3. The van der Waals surface area contributed by atoms with E-state index in [0.717, 1.165) is 19.3 Å². The van der Waals surface area contributed by atoms with Crippen molar-refractivity contribution in [3.63, 3.8) is 0 Å². The van der Waals surface area contributed by atoms with Crippen molar-refractivity contribution in [3.8, 4) is 0 Å². The van der Waals surface area contributed by atoms with Crippen LogP contribution in [0.5, 0.6) is 0 Å². The molecule has 0 heterocycles. The van der Waals surface area contributed by atoms with Crippen molar-refractivity contribution in [1.29, 1.82) is 0 Å². The Bertz CT molecular complexity index is 631. The zero-order chi connectivity index (χ0) is 17.6. The lowest BCUT2D eigenvalue weighted by Crippen LogP contribution is -2.53. The molecule has 0 radical (unpaired) electrons. The van der Waals surface area contributed by atoms with Gasteiger partial charge in [-0.3, -0.25) is 0 Å². The van der Waals surface area contributed by atoms with E-state index >= 15 is 0 Å². The highest BCUT2D eigenvalue weighted by molar-refractivity contribution is 5.20. The number of hydrogen-bond acceptors (Lipinski definition) is 3. The average Bonchev–Trinajstić information content (AvgIpc) is 2.65. The Balaban J connectivity index is 1.66. The van der Waals surface area contributed by atoms with Crippen LogP contribution in [0, 0.1) is 0 Å². The third-order valence-electron chi connectivity index (χ3n) is 5.35. The van der Waals surface area contributed by atoms with Crippen LogP contribution in [-0.2, 0) is 0 Å². The van der Waals surface area contributed by atoms with Gasteiger partial charge in [-0.25, -0.2) is 0 Å². The third-order valence-corrected chi connectivity index (χ3v) is 5.35. The Kier molecular flexibility index (Phi) is 6.24. The summed E-state index contributed by atoms with van der Waals surface area (Å²) in [6.07, 6.45) is 2.47. The Morgan fingerprint density at radius 2 is 1.24 bits per heavy atom. The Morgan fingerprint density at radius 3 is 1.76 bits per heavy atom. The molecule has 1 saturated carbocycles. The van der Waals surface area contributed by atoms with Gasteiger partial charge in [-0.15, -0.1) is 0 Å². The molecule has 25 heavy (non-hydrogen) atoms. The standard InChI is InChI=1S/C22H30N2O/c1-16(18-9-5-3-6-10-18)23-21-14-13-20(25)15-22(21)24-17(2)19-11-7-4-8-12-19/h3-12,16-17,20-25H,13-15H2,1-2H3/t16-,17-,20-,21+,22+/m0/s1. The van der Waals surface area contributed by atoms with E-state index in [1.54, 1.807) is 0 Å². The van der Waals surface area contributed by atoms with Crippen LogP contribution >= 0.6 is 0 Å². The fourth-order valence-electron chi connectivity index (χ4n) is 3.85. The maximum Gasteiger partial charge on any atom is 0.0556 e. The zero-order valence-electron chi connectivity index (χ0n) is 15.2. The molecule has 5 atom stereocenters. The van der Waals surface area contributed by atoms with Crippen LogP contribution in [0.1, 0.15) is 56.3 Å². The van der Waals surface area contributed by atoms with Crippen molar-refractivity contribution in [2.75, 3.05) is 0 Å². The van der Waals surface area contributed by atoms with E-state index in [1.807, 2.05) is 6.07 Å². The molecule has 0 unspecified atom stereocenters. The van der Waals surface area contributed by atoms with Gasteiger partial charge < -0.3 is 15.7 Å². The highest BCUT2D eigenvalue weighted by Gasteiger charge is 2.31. The summed E-state index contributed by atoms with van der Waals surface area (Å²) >= 11 is 0. The maximum atomic E-state index is 10.2. The monoisotopic (exact) mass is 338 g/mol. The maximum absolute atomic E-state index is 10.2. The molecule has 134 valence electrons. The summed E-state index contributed by atoms with van der Waals surface area (Å²) in [5.41, 5.74) is 2.60. The molecule has 3 N–H and O–H groups in total. The fourth-order valence-corrected chi connectivity index (χ4v) is 3.85. The first kappa shape index (κ1) is 18.1. The van der Waals surface area contributed by atoms with Gasteiger partial charge in [0.1, 0.15) is 0 Å². The van der Waals surface area contributed by atoms with E-state index in [-0.39, 0.29) is 18.2 Å².